The maximum atomic E-state index is 6.32. The molecular weight excluding hydrogens is 308 g/mol. The van der Waals surface area contributed by atoms with E-state index in [0.29, 0.717) is 5.92 Å². The molecule has 4 rings (SSSR count). The van der Waals surface area contributed by atoms with Gasteiger partial charge in [-0.05, 0) is 57.5 Å². The Morgan fingerprint density at radius 1 is 1.35 bits per heavy atom. The average molecular weight is 331 g/mol. The smallest absolute Gasteiger partial charge is 0.133 e. The van der Waals surface area contributed by atoms with Gasteiger partial charge < -0.3 is 10.2 Å². The second kappa shape index (κ2) is 5.84. The number of nitrogens with zero attached hydrogens (tertiary/aromatic N) is 3. The van der Waals surface area contributed by atoms with Crippen molar-refractivity contribution in [2.75, 3.05) is 32.0 Å². The minimum absolute atomic E-state index is 0.546. The number of aryl methyl sites for hydroxylation is 1. The van der Waals surface area contributed by atoms with Gasteiger partial charge in [0.25, 0.3) is 0 Å². The molecule has 0 amide bonds. The molecule has 0 bridgehead atoms. The summed E-state index contributed by atoms with van der Waals surface area (Å²) in [7, 11) is 2.21. The zero-order chi connectivity index (χ0) is 16.0. The first-order chi connectivity index (χ1) is 11.1. The van der Waals surface area contributed by atoms with E-state index < -0.39 is 0 Å². The van der Waals surface area contributed by atoms with Crippen LogP contribution < -0.4 is 5.32 Å². The third kappa shape index (κ3) is 2.64. The van der Waals surface area contributed by atoms with E-state index in [-0.39, 0.29) is 0 Å². The molecule has 0 aliphatic carbocycles. The number of likely N-dealkylation sites (tertiary alicyclic amines) is 1. The number of nitrogens with one attached hydrogen (secondary N) is 1. The van der Waals surface area contributed by atoms with Gasteiger partial charge in [0.05, 0.1) is 11.4 Å². The Balaban J connectivity index is 1.76. The van der Waals surface area contributed by atoms with Crippen molar-refractivity contribution in [2.24, 2.45) is 0 Å². The molecule has 3 heterocycles. The first-order valence-corrected chi connectivity index (χ1v) is 8.82. The van der Waals surface area contributed by atoms with Crippen molar-refractivity contribution in [1.82, 2.24) is 14.7 Å². The van der Waals surface area contributed by atoms with Gasteiger partial charge in [-0.1, -0.05) is 17.7 Å². The SMILES string of the molecule is Cc1ccc(-n2nc(C3CCCN(C)C3)c3c2NCC3)cc1Cl. The third-order valence-corrected chi connectivity index (χ3v) is 5.50. The van der Waals surface area contributed by atoms with Crippen LogP contribution in [0.15, 0.2) is 18.2 Å². The molecule has 1 saturated heterocycles. The molecule has 1 aromatic carbocycles. The quantitative estimate of drug-likeness (QED) is 0.913. The predicted molar refractivity (Wildman–Crippen MR) is 95.0 cm³/mol. The molecule has 1 aromatic heterocycles. The number of likely N-dealkylation sites (N-methyl/N-ethyl adjacent to an activating group) is 1. The zero-order valence-corrected chi connectivity index (χ0v) is 14.5. The van der Waals surface area contributed by atoms with Crippen molar-refractivity contribution in [1.29, 1.82) is 0 Å². The molecule has 1 N–H and O–H groups in total. The molecular formula is C18H23ClN4. The molecule has 1 fully saturated rings. The molecule has 122 valence electrons. The Hall–Kier alpha value is -1.52. The highest BCUT2D eigenvalue weighted by Gasteiger charge is 2.29. The van der Waals surface area contributed by atoms with Gasteiger partial charge in [0, 0.05) is 29.6 Å². The number of hydrogen-bond acceptors (Lipinski definition) is 3. The Morgan fingerprint density at radius 3 is 3.00 bits per heavy atom. The Morgan fingerprint density at radius 2 is 2.22 bits per heavy atom. The van der Waals surface area contributed by atoms with Gasteiger partial charge in [0.2, 0.25) is 0 Å². The van der Waals surface area contributed by atoms with E-state index >= 15 is 0 Å². The monoisotopic (exact) mass is 330 g/mol. The summed E-state index contributed by atoms with van der Waals surface area (Å²) in [5.41, 5.74) is 4.83. The van der Waals surface area contributed by atoms with Gasteiger partial charge in [0.15, 0.2) is 0 Å². The van der Waals surface area contributed by atoms with Gasteiger partial charge in [-0.3, -0.25) is 0 Å². The summed E-state index contributed by atoms with van der Waals surface area (Å²) < 4.78 is 2.05. The molecule has 0 spiro atoms. The first-order valence-electron chi connectivity index (χ1n) is 8.44. The zero-order valence-electron chi connectivity index (χ0n) is 13.8. The van der Waals surface area contributed by atoms with Crippen LogP contribution in [0.25, 0.3) is 5.69 Å². The van der Waals surface area contributed by atoms with Crippen LogP contribution in [-0.2, 0) is 6.42 Å². The molecule has 5 heteroatoms. The molecule has 2 aliphatic heterocycles. The fourth-order valence-corrected chi connectivity index (χ4v) is 3.99. The molecule has 2 aromatic rings. The van der Waals surface area contributed by atoms with Crippen LogP contribution in [0.2, 0.25) is 5.02 Å². The van der Waals surface area contributed by atoms with Crippen LogP contribution in [0.5, 0.6) is 0 Å². The van der Waals surface area contributed by atoms with E-state index in [9.17, 15) is 0 Å². The van der Waals surface area contributed by atoms with Gasteiger partial charge in [0.1, 0.15) is 5.82 Å². The van der Waals surface area contributed by atoms with Crippen molar-refractivity contribution in [3.8, 4) is 5.69 Å². The molecule has 1 atom stereocenters. The fraction of sp³-hybridized carbons (Fsp3) is 0.500. The first kappa shape index (κ1) is 15.0. The summed E-state index contributed by atoms with van der Waals surface area (Å²) >= 11 is 6.32. The summed E-state index contributed by atoms with van der Waals surface area (Å²) in [6.45, 7) is 5.34. The number of benzene rings is 1. The van der Waals surface area contributed by atoms with Crippen molar-refractivity contribution < 1.29 is 0 Å². The Labute approximate surface area is 142 Å². The van der Waals surface area contributed by atoms with Gasteiger partial charge in [-0.25, -0.2) is 4.68 Å². The van der Waals surface area contributed by atoms with Crippen molar-refractivity contribution >= 4 is 17.4 Å². The minimum atomic E-state index is 0.546. The Kier molecular flexibility index (Phi) is 3.82. The highest BCUT2D eigenvalue weighted by Crippen LogP contribution is 2.36. The van der Waals surface area contributed by atoms with Crippen LogP contribution in [0.1, 0.15) is 35.6 Å². The van der Waals surface area contributed by atoms with Crippen molar-refractivity contribution in [2.45, 2.75) is 32.1 Å². The molecule has 0 radical (unpaired) electrons. The summed E-state index contributed by atoms with van der Waals surface area (Å²) in [6.07, 6.45) is 3.57. The number of rotatable bonds is 2. The predicted octanol–water partition coefficient (Wildman–Crippen LogP) is 3.61. The van der Waals surface area contributed by atoms with Crippen LogP contribution in [0.4, 0.5) is 5.82 Å². The number of aromatic nitrogens is 2. The van der Waals surface area contributed by atoms with Gasteiger partial charge in [-0.15, -0.1) is 0 Å². The van der Waals surface area contributed by atoms with E-state index in [4.69, 9.17) is 16.7 Å². The number of piperidine rings is 1. The van der Waals surface area contributed by atoms with E-state index in [2.05, 4.69) is 34.1 Å². The van der Waals surface area contributed by atoms with E-state index in [1.54, 1.807) is 0 Å². The van der Waals surface area contributed by atoms with Crippen molar-refractivity contribution in [3.05, 3.63) is 40.0 Å². The minimum Gasteiger partial charge on any atom is -0.369 e. The van der Waals surface area contributed by atoms with Crippen LogP contribution in [0, 0.1) is 6.92 Å². The number of halogens is 1. The summed E-state index contributed by atoms with van der Waals surface area (Å²) in [6, 6.07) is 6.18. The molecule has 1 unspecified atom stereocenters. The molecule has 0 saturated carbocycles. The largest absolute Gasteiger partial charge is 0.369 e. The number of anilines is 1. The fourth-order valence-electron chi connectivity index (χ4n) is 3.82. The lowest BCUT2D eigenvalue weighted by Gasteiger charge is -2.29. The van der Waals surface area contributed by atoms with Crippen LogP contribution in [0.3, 0.4) is 0 Å². The second-order valence-corrected chi connectivity index (χ2v) is 7.24. The lowest BCUT2D eigenvalue weighted by atomic mass is 9.92. The lowest BCUT2D eigenvalue weighted by Crippen LogP contribution is -2.31. The van der Waals surface area contributed by atoms with E-state index in [1.165, 1.54) is 30.6 Å². The molecule has 4 nitrogen and oxygen atoms in total. The third-order valence-electron chi connectivity index (χ3n) is 5.09. The summed E-state index contributed by atoms with van der Waals surface area (Å²) in [5.74, 6) is 1.71. The Bertz CT molecular complexity index is 737. The summed E-state index contributed by atoms with van der Waals surface area (Å²) in [5, 5.41) is 9.31. The number of hydrogen-bond donors (Lipinski definition) is 1. The van der Waals surface area contributed by atoms with Crippen LogP contribution in [-0.4, -0.2) is 41.4 Å². The highest BCUT2D eigenvalue weighted by atomic mass is 35.5. The van der Waals surface area contributed by atoms with Gasteiger partial charge >= 0.3 is 0 Å². The molecule has 2 aliphatic rings. The highest BCUT2D eigenvalue weighted by molar-refractivity contribution is 6.31. The maximum absolute atomic E-state index is 6.32. The summed E-state index contributed by atoms with van der Waals surface area (Å²) in [4.78, 5) is 2.42. The van der Waals surface area contributed by atoms with Gasteiger partial charge in [-0.2, -0.15) is 5.10 Å². The van der Waals surface area contributed by atoms with Crippen LogP contribution >= 0.6 is 11.6 Å². The maximum Gasteiger partial charge on any atom is 0.133 e. The topological polar surface area (TPSA) is 33.1 Å². The average Bonchev–Trinajstić information content (AvgIpc) is 3.12. The number of fused-ring (bicyclic) bond motifs is 1. The normalized spacial score (nSPS) is 21.3. The van der Waals surface area contributed by atoms with E-state index in [1.807, 2.05) is 13.0 Å². The molecule has 23 heavy (non-hydrogen) atoms. The second-order valence-electron chi connectivity index (χ2n) is 6.84. The van der Waals surface area contributed by atoms with E-state index in [0.717, 1.165) is 41.6 Å². The van der Waals surface area contributed by atoms with Crippen molar-refractivity contribution in [3.63, 3.8) is 0 Å². The standard InChI is InChI=1S/C18H23ClN4/c1-12-5-6-14(10-16(12)19)23-18-15(7-8-20-18)17(21-23)13-4-3-9-22(2)11-13/h5-6,10,13,20H,3-4,7-9,11H2,1-2H3. The lowest BCUT2D eigenvalue weighted by molar-refractivity contribution is 0.247.